The van der Waals surface area contributed by atoms with E-state index in [0.29, 0.717) is 6.54 Å². The first kappa shape index (κ1) is 11.2. The molecule has 0 saturated heterocycles. The van der Waals surface area contributed by atoms with Crippen LogP contribution in [0, 0.1) is 0 Å². The first-order valence-corrected chi connectivity index (χ1v) is 4.67. The van der Waals surface area contributed by atoms with E-state index < -0.39 is 0 Å². The molecule has 1 aromatic heterocycles. The van der Waals surface area contributed by atoms with Crippen molar-refractivity contribution >= 4 is 10.9 Å². The van der Waals surface area contributed by atoms with Crippen LogP contribution in [0.15, 0.2) is 53.8 Å². The second-order valence-electron chi connectivity index (χ2n) is 2.93. The summed E-state index contributed by atoms with van der Waals surface area (Å²) in [4.78, 5) is 13.6. The summed E-state index contributed by atoms with van der Waals surface area (Å²) in [5.41, 5.74) is 5.75. The fourth-order valence-corrected chi connectivity index (χ4v) is 1.10. The van der Waals surface area contributed by atoms with Gasteiger partial charge in [0.25, 0.3) is 0 Å². The molecular weight excluding hydrogens is 188 g/mol. The molecule has 1 aromatic carbocycles. The van der Waals surface area contributed by atoms with Crippen LogP contribution in [0.4, 0.5) is 0 Å². The van der Waals surface area contributed by atoms with Crippen LogP contribution in [0.5, 0.6) is 0 Å². The molecule has 0 radical (unpaired) electrons. The van der Waals surface area contributed by atoms with Gasteiger partial charge in [0.1, 0.15) is 0 Å². The minimum absolute atomic E-state index is 0.0521. The number of aromatic amines is 1. The molecule has 3 nitrogen and oxygen atoms in total. The summed E-state index contributed by atoms with van der Waals surface area (Å²) in [5, 5.41) is 1.06. The van der Waals surface area contributed by atoms with E-state index in [1.54, 1.807) is 6.08 Å². The van der Waals surface area contributed by atoms with Gasteiger partial charge in [0.2, 0.25) is 5.56 Å². The van der Waals surface area contributed by atoms with Crippen LogP contribution in [0.2, 0.25) is 0 Å². The van der Waals surface area contributed by atoms with Crippen LogP contribution in [-0.2, 0) is 0 Å². The van der Waals surface area contributed by atoms with E-state index in [-0.39, 0.29) is 5.56 Å². The van der Waals surface area contributed by atoms with Gasteiger partial charge in [-0.2, -0.15) is 0 Å². The van der Waals surface area contributed by atoms with E-state index in [4.69, 9.17) is 5.73 Å². The maximum atomic E-state index is 10.8. The topological polar surface area (TPSA) is 58.9 Å². The van der Waals surface area contributed by atoms with Gasteiger partial charge in [-0.1, -0.05) is 24.3 Å². The van der Waals surface area contributed by atoms with Crippen LogP contribution >= 0.6 is 0 Å². The number of H-pyrrole nitrogens is 1. The zero-order valence-electron chi connectivity index (χ0n) is 8.44. The predicted octanol–water partition coefficient (Wildman–Crippen LogP) is 1.66. The Morgan fingerprint density at radius 2 is 1.93 bits per heavy atom. The molecule has 0 atom stereocenters. The number of nitrogens with one attached hydrogen (secondary N) is 1. The summed E-state index contributed by atoms with van der Waals surface area (Å²) in [7, 11) is 0. The molecule has 2 aromatic rings. The molecule has 3 N–H and O–H groups in total. The van der Waals surface area contributed by atoms with Crippen molar-refractivity contribution in [2.24, 2.45) is 5.73 Å². The Balaban J connectivity index is 0.000000245. The molecule has 15 heavy (non-hydrogen) atoms. The Hall–Kier alpha value is -1.87. The maximum Gasteiger partial charge on any atom is 0.248 e. The van der Waals surface area contributed by atoms with Crippen molar-refractivity contribution in [2.75, 3.05) is 6.54 Å². The molecule has 0 aliphatic carbocycles. The predicted molar refractivity (Wildman–Crippen MR) is 63.8 cm³/mol. The lowest BCUT2D eigenvalue weighted by molar-refractivity contribution is 1.26. The van der Waals surface area contributed by atoms with E-state index in [1.165, 1.54) is 6.07 Å². The largest absolute Gasteiger partial charge is 0.327 e. The summed E-state index contributed by atoms with van der Waals surface area (Å²) in [6.45, 7) is 3.94. The fourth-order valence-electron chi connectivity index (χ4n) is 1.10. The smallest absolute Gasteiger partial charge is 0.248 e. The van der Waals surface area contributed by atoms with Gasteiger partial charge in [-0.05, 0) is 17.5 Å². The molecule has 1 heterocycles. The van der Waals surface area contributed by atoms with Crippen molar-refractivity contribution in [3.05, 3.63) is 59.4 Å². The molecule has 0 spiro atoms. The molecule has 0 saturated carbocycles. The van der Waals surface area contributed by atoms with Crippen LogP contribution < -0.4 is 11.3 Å². The highest BCUT2D eigenvalue weighted by Crippen LogP contribution is 2.06. The fraction of sp³-hybridized carbons (Fsp3) is 0.0833. The minimum atomic E-state index is -0.0521. The first-order valence-electron chi connectivity index (χ1n) is 4.67. The highest BCUT2D eigenvalue weighted by Gasteiger charge is 1.89. The third kappa shape index (κ3) is 3.40. The van der Waals surface area contributed by atoms with E-state index in [2.05, 4.69) is 11.6 Å². The third-order valence-corrected chi connectivity index (χ3v) is 1.80. The number of aromatic nitrogens is 1. The van der Waals surface area contributed by atoms with Crippen LogP contribution in [0.25, 0.3) is 10.9 Å². The van der Waals surface area contributed by atoms with Gasteiger partial charge in [-0.25, -0.2) is 0 Å². The molecule has 0 amide bonds. The van der Waals surface area contributed by atoms with Gasteiger partial charge in [0.15, 0.2) is 0 Å². The van der Waals surface area contributed by atoms with Gasteiger partial charge >= 0.3 is 0 Å². The van der Waals surface area contributed by atoms with Crippen LogP contribution in [-0.4, -0.2) is 11.5 Å². The van der Waals surface area contributed by atoms with Crippen LogP contribution in [0.1, 0.15) is 0 Å². The molecule has 3 heteroatoms. The molecule has 0 bridgehead atoms. The maximum absolute atomic E-state index is 10.8. The minimum Gasteiger partial charge on any atom is -0.327 e. The number of hydrogen-bond donors (Lipinski definition) is 2. The molecule has 78 valence electrons. The van der Waals surface area contributed by atoms with Gasteiger partial charge in [-0.15, -0.1) is 6.58 Å². The van der Waals surface area contributed by atoms with Crippen molar-refractivity contribution in [1.82, 2.24) is 4.98 Å². The number of para-hydroxylation sites is 1. The zero-order valence-corrected chi connectivity index (χ0v) is 8.44. The lowest BCUT2D eigenvalue weighted by Gasteiger charge is -1.93. The number of rotatable bonds is 1. The Morgan fingerprint density at radius 1 is 1.27 bits per heavy atom. The first-order chi connectivity index (χ1) is 7.27. The molecule has 0 aliphatic heterocycles. The van der Waals surface area contributed by atoms with Gasteiger partial charge in [0, 0.05) is 18.1 Å². The Kier molecular flexibility index (Phi) is 4.31. The molecule has 2 rings (SSSR count). The van der Waals surface area contributed by atoms with Gasteiger partial charge < -0.3 is 10.7 Å². The zero-order chi connectivity index (χ0) is 11.1. The summed E-state index contributed by atoms with van der Waals surface area (Å²) in [6, 6.07) is 11.0. The molecule has 0 unspecified atom stereocenters. The normalized spacial score (nSPS) is 9.13. The summed E-state index contributed by atoms with van der Waals surface area (Å²) in [6.07, 6.45) is 1.65. The number of benzene rings is 1. The van der Waals surface area contributed by atoms with Crippen molar-refractivity contribution in [3.8, 4) is 0 Å². The second-order valence-corrected chi connectivity index (χ2v) is 2.93. The Bertz CT molecular complexity index is 488. The quantitative estimate of drug-likeness (QED) is 0.691. The van der Waals surface area contributed by atoms with Gasteiger partial charge in [0.05, 0.1) is 0 Å². The van der Waals surface area contributed by atoms with Crippen molar-refractivity contribution < 1.29 is 0 Å². The van der Waals surface area contributed by atoms with Gasteiger partial charge in [-0.3, -0.25) is 4.79 Å². The number of fused-ring (bicyclic) bond motifs is 1. The number of nitrogens with two attached hydrogens (primary N) is 1. The average molecular weight is 202 g/mol. The monoisotopic (exact) mass is 202 g/mol. The van der Waals surface area contributed by atoms with E-state index in [9.17, 15) is 4.79 Å². The SMILES string of the molecule is C=CCN.O=c1ccc2ccccc2[nH]1. The number of pyridine rings is 1. The summed E-state index contributed by atoms with van der Waals surface area (Å²) in [5.74, 6) is 0. The molecular formula is C12H14N2O. The molecule has 0 fully saturated rings. The van der Waals surface area contributed by atoms with E-state index in [1.807, 2.05) is 30.3 Å². The average Bonchev–Trinajstić information content (AvgIpc) is 2.29. The van der Waals surface area contributed by atoms with E-state index in [0.717, 1.165) is 10.9 Å². The Morgan fingerprint density at radius 3 is 2.60 bits per heavy atom. The highest BCUT2D eigenvalue weighted by molar-refractivity contribution is 5.77. The summed E-state index contributed by atoms with van der Waals surface area (Å²) < 4.78 is 0. The lowest BCUT2D eigenvalue weighted by Crippen LogP contribution is -2.01. The summed E-state index contributed by atoms with van der Waals surface area (Å²) >= 11 is 0. The second kappa shape index (κ2) is 5.78. The lowest BCUT2D eigenvalue weighted by atomic mass is 10.2. The Labute approximate surface area is 88.2 Å². The highest BCUT2D eigenvalue weighted by atomic mass is 16.1. The standard InChI is InChI=1S/C9H7NO.C3H7N/c11-9-6-5-7-3-1-2-4-8(7)10-9;1-2-3-4/h1-6H,(H,10,11);2H,1,3-4H2. The molecule has 0 aliphatic rings. The van der Waals surface area contributed by atoms with Crippen molar-refractivity contribution in [2.45, 2.75) is 0 Å². The van der Waals surface area contributed by atoms with Crippen LogP contribution in [0.3, 0.4) is 0 Å². The number of hydrogen-bond acceptors (Lipinski definition) is 2. The van der Waals surface area contributed by atoms with E-state index >= 15 is 0 Å². The third-order valence-electron chi connectivity index (χ3n) is 1.80. The van der Waals surface area contributed by atoms with Crippen molar-refractivity contribution in [3.63, 3.8) is 0 Å². The van der Waals surface area contributed by atoms with Crippen molar-refractivity contribution in [1.29, 1.82) is 0 Å².